The molecule has 20 heavy (non-hydrogen) atoms. The lowest BCUT2D eigenvalue weighted by molar-refractivity contribution is -0.385. The molecule has 0 aliphatic carbocycles. The van der Waals surface area contributed by atoms with Gasteiger partial charge in [-0.1, -0.05) is 12.1 Å². The summed E-state index contributed by atoms with van der Waals surface area (Å²) >= 11 is 0. The minimum atomic E-state index is -0.581. The second-order valence-corrected chi connectivity index (χ2v) is 3.96. The van der Waals surface area contributed by atoms with Crippen LogP contribution in [-0.2, 0) is 6.61 Å². The van der Waals surface area contributed by atoms with Gasteiger partial charge in [-0.2, -0.15) is 5.26 Å². The quantitative estimate of drug-likeness (QED) is 0.680. The van der Waals surface area contributed by atoms with Crippen LogP contribution in [0.5, 0.6) is 11.5 Å². The summed E-state index contributed by atoms with van der Waals surface area (Å²) in [7, 11) is 0. The molecule has 0 aromatic heterocycles. The second-order valence-electron chi connectivity index (χ2n) is 3.96. The van der Waals surface area contributed by atoms with Gasteiger partial charge in [0, 0.05) is 6.07 Å². The van der Waals surface area contributed by atoms with E-state index in [0.717, 1.165) is 0 Å². The maximum Gasteiger partial charge on any atom is 0.311 e. The van der Waals surface area contributed by atoms with Crippen molar-refractivity contribution in [3.05, 3.63) is 63.7 Å². The molecule has 0 radical (unpaired) electrons. The Labute approximate surface area is 114 Å². The van der Waals surface area contributed by atoms with E-state index in [0.29, 0.717) is 16.9 Å². The van der Waals surface area contributed by atoms with Crippen LogP contribution in [0.25, 0.3) is 0 Å². The molecule has 0 saturated heterocycles. The van der Waals surface area contributed by atoms with Crippen LogP contribution < -0.4 is 4.74 Å². The smallest absolute Gasteiger partial charge is 0.311 e. The number of hydrogen-bond donors (Lipinski definition) is 1. The molecule has 0 aliphatic rings. The van der Waals surface area contributed by atoms with Gasteiger partial charge in [0.25, 0.3) is 0 Å². The normalized spacial score (nSPS) is 9.80. The molecular weight excluding hydrogens is 260 g/mol. The number of aliphatic hydroxyl groups excluding tert-OH is 1. The van der Waals surface area contributed by atoms with Gasteiger partial charge in [-0.3, -0.25) is 10.1 Å². The van der Waals surface area contributed by atoms with Gasteiger partial charge in [0.15, 0.2) is 0 Å². The van der Waals surface area contributed by atoms with Gasteiger partial charge >= 0.3 is 5.69 Å². The molecule has 100 valence electrons. The fourth-order valence-electron chi connectivity index (χ4n) is 1.65. The molecule has 0 unspecified atom stereocenters. The first kappa shape index (κ1) is 13.5. The van der Waals surface area contributed by atoms with E-state index in [1.807, 2.05) is 6.07 Å². The molecule has 0 saturated carbocycles. The van der Waals surface area contributed by atoms with E-state index in [-0.39, 0.29) is 18.0 Å². The SMILES string of the molecule is N#Cc1cccc(Oc2ccc(CO)cc2[N+](=O)[O-])c1. The Balaban J connectivity index is 2.37. The molecule has 2 aromatic rings. The maximum atomic E-state index is 11.0. The summed E-state index contributed by atoms with van der Waals surface area (Å²) in [6, 6.07) is 12.5. The summed E-state index contributed by atoms with van der Waals surface area (Å²) in [4.78, 5) is 10.4. The van der Waals surface area contributed by atoms with Crippen molar-refractivity contribution in [1.29, 1.82) is 5.26 Å². The molecule has 6 heteroatoms. The minimum Gasteiger partial charge on any atom is -0.450 e. The number of aliphatic hydroxyl groups is 1. The van der Waals surface area contributed by atoms with Crippen molar-refractivity contribution in [3.8, 4) is 17.6 Å². The Morgan fingerprint density at radius 2 is 2.10 bits per heavy atom. The average molecular weight is 270 g/mol. The van der Waals surface area contributed by atoms with Crippen LogP contribution in [0, 0.1) is 21.4 Å². The van der Waals surface area contributed by atoms with E-state index in [1.165, 1.54) is 24.3 Å². The topological polar surface area (TPSA) is 96.4 Å². The first-order valence-electron chi connectivity index (χ1n) is 5.70. The monoisotopic (exact) mass is 270 g/mol. The lowest BCUT2D eigenvalue weighted by Crippen LogP contribution is -1.95. The summed E-state index contributed by atoms with van der Waals surface area (Å²) in [5, 5.41) is 28.8. The van der Waals surface area contributed by atoms with E-state index in [9.17, 15) is 10.1 Å². The van der Waals surface area contributed by atoms with Gasteiger partial charge in [-0.25, -0.2) is 0 Å². The van der Waals surface area contributed by atoms with E-state index in [1.54, 1.807) is 18.2 Å². The Morgan fingerprint density at radius 3 is 2.75 bits per heavy atom. The van der Waals surface area contributed by atoms with E-state index >= 15 is 0 Å². The Morgan fingerprint density at radius 1 is 1.30 bits per heavy atom. The zero-order valence-corrected chi connectivity index (χ0v) is 10.3. The summed E-state index contributed by atoms with van der Waals surface area (Å²) in [6.45, 7) is -0.287. The van der Waals surface area contributed by atoms with Crippen LogP contribution in [0.2, 0.25) is 0 Å². The molecule has 0 amide bonds. The highest BCUT2D eigenvalue weighted by molar-refractivity contribution is 5.51. The summed E-state index contributed by atoms with van der Waals surface area (Å²) in [5.41, 5.74) is 0.589. The van der Waals surface area contributed by atoms with Crippen molar-refractivity contribution in [1.82, 2.24) is 0 Å². The van der Waals surface area contributed by atoms with Gasteiger partial charge in [0.1, 0.15) is 5.75 Å². The largest absolute Gasteiger partial charge is 0.450 e. The zero-order valence-electron chi connectivity index (χ0n) is 10.3. The van der Waals surface area contributed by atoms with Crippen LogP contribution >= 0.6 is 0 Å². The van der Waals surface area contributed by atoms with Crippen LogP contribution in [0.4, 0.5) is 5.69 Å². The lowest BCUT2D eigenvalue weighted by atomic mass is 10.2. The van der Waals surface area contributed by atoms with Crippen molar-refractivity contribution in [2.75, 3.05) is 0 Å². The standard InChI is InChI=1S/C14H10N2O4/c15-8-10-2-1-3-12(6-10)20-14-5-4-11(9-17)7-13(14)16(18)19/h1-7,17H,9H2. The fourth-order valence-corrected chi connectivity index (χ4v) is 1.65. The van der Waals surface area contributed by atoms with E-state index < -0.39 is 4.92 Å². The number of rotatable bonds is 4. The lowest BCUT2D eigenvalue weighted by Gasteiger charge is -2.07. The van der Waals surface area contributed by atoms with Crippen LogP contribution in [0.3, 0.4) is 0 Å². The summed E-state index contributed by atoms with van der Waals surface area (Å²) in [6.07, 6.45) is 0. The minimum absolute atomic E-state index is 0.0577. The highest BCUT2D eigenvalue weighted by Gasteiger charge is 2.16. The predicted molar refractivity (Wildman–Crippen MR) is 70.3 cm³/mol. The molecule has 0 bridgehead atoms. The highest BCUT2D eigenvalue weighted by atomic mass is 16.6. The summed E-state index contributed by atoms with van der Waals surface area (Å²) in [5.74, 6) is 0.395. The second kappa shape index (κ2) is 5.82. The van der Waals surface area contributed by atoms with Crippen molar-refractivity contribution in [3.63, 3.8) is 0 Å². The molecule has 0 heterocycles. The Bertz CT molecular complexity index is 692. The third-order valence-electron chi connectivity index (χ3n) is 2.59. The van der Waals surface area contributed by atoms with Gasteiger partial charge in [0.2, 0.25) is 5.75 Å². The average Bonchev–Trinajstić information content (AvgIpc) is 2.47. The molecule has 0 fully saturated rings. The van der Waals surface area contributed by atoms with Crippen LogP contribution in [0.15, 0.2) is 42.5 Å². The zero-order chi connectivity index (χ0) is 14.5. The fraction of sp³-hybridized carbons (Fsp3) is 0.0714. The molecule has 1 N–H and O–H groups in total. The van der Waals surface area contributed by atoms with E-state index in [2.05, 4.69) is 0 Å². The summed E-state index contributed by atoms with van der Waals surface area (Å²) < 4.78 is 5.44. The number of nitriles is 1. The van der Waals surface area contributed by atoms with Gasteiger partial charge in [-0.05, 0) is 29.8 Å². The van der Waals surface area contributed by atoms with Crippen LogP contribution in [-0.4, -0.2) is 10.0 Å². The van der Waals surface area contributed by atoms with Crippen molar-refractivity contribution in [2.24, 2.45) is 0 Å². The first-order valence-corrected chi connectivity index (χ1v) is 5.70. The molecule has 0 aliphatic heterocycles. The first-order chi connectivity index (χ1) is 9.63. The third kappa shape index (κ3) is 2.91. The Kier molecular flexibility index (Phi) is 3.93. The number of nitro groups is 1. The number of hydrogen-bond acceptors (Lipinski definition) is 5. The molecular formula is C14H10N2O4. The third-order valence-corrected chi connectivity index (χ3v) is 2.59. The van der Waals surface area contributed by atoms with Gasteiger partial charge < -0.3 is 9.84 Å². The van der Waals surface area contributed by atoms with Gasteiger partial charge in [-0.15, -0.1) is 0 Å². The molecule has 6 nitrogen and oxygen atoms in total. The maximum absolute atomic E-state index is 11.0. The number of nitrogens with zero attached hydrogens (tertiary/aromatic N) is 2. The number of ether oxygens (including phenoxy) is 1. The number of nitro benzene ring substituents is 1. The van der Waals surface area contributed by atoms with Crippen LogP contribution in [0.1, 0.15) is 11.1 Å². The molecule has 2 rings (SSSR count). The number of benzene rings is 2. The van der Waals surface area contributed by atoms with E-state index in [4.69, 9.17) is 15.1 Å². The molecule has 0 spiro atoms. The van der Waals surface area contributed by atoms with Crippen molar-refractivity contribution in [2.45, 2.75) is 6.61 Å². The van der Waals surface area contributed by atoms with Crippen molar-refractivity contribution >= 4 is 5.69 Å². The van der Waals surface area contributed by atoms with Gasteiger partial charge in [0.05, 0.1) is 23.2 Å². The molecule has 0 atom stereocenters. The predicted octanol–water partition coefficient (Wildman–Crippen LogP) is 2.75. The molecule has 2 aromatic carbocycles. The van der Waals surface area contributed by atoms with Crippen molar-refractivity contribution < 1.29 is 14.8 Å². The Hall–Kier alpha value is -2.91. The highest BCUT2D eigenvalue weighted by Crippen LogP contribution is 2.32.